The summed E-state index contributed by atoms with van der Waals surface area (Å²) in [6.07, 6.45) is 34.6. The van der Waals surface area contributed by atoms with Crippen molar-refractivity contribution in [3.05, 3.63) is 130 Å². The molecule has 0 aromatic heterocycles. The van der Waals surface area contributed by atoms with Gasteiger partial charge in [-0.3, -0.25) is 24.0 Å². The second-order valence-corrected chi connectivity index (χ2v) is 19.1. The number of hydrogen-bond acceptors (Lipinski definition) is 9. The van der Waals surface area contributed by atoms with Crippen molar-refractivity contribution in [2.24, 2.45) is 16.7 Å². The van der Waals surface area contributed by atoms with Crippen molar-refractivity contribution in [2.45, 2.75) is 158 Å². The second-order valence-electron chi connectivity index (χ2n) is 19.1. The van der Waals surface area contributed by atoms with Gasteiger partial charge in [0.1, 0.15) is 6.29 Å². The molecule has 0 spiro atoms. The Kier molecular flexibility index (Phi) is 22.0. The molecule has 0 bridgehead atoms. The number of ether oxygens (including phenoxy) is 3. The minimum Gasteiger partial charge on any atom is -0.465 e. The number of carbonyl (C=O) groups is 6. The average Bonchev–Trinajstić information content (AvgIpc) is 3.52. The monoisotopic (exact) mass is 891 g/mol. The Hall–Kier alpha value is -5.44. The van der Waals surface area contributed by atoms with Gasteiger partial charge < -0.3 is 19.0 Å². The molecule has 1 fully saturated rings. The lowest BCUT2D eigenvalue weighted by Crippen LogP contribution is -2.39. The molecule has 352 valence electrons. The first-order valence-corrected chi connectivity index (χ1v) is 23.3. The van der Waals surface area contributed by atoms with Crippen LogP contribution in [-0.2, 0) is 43.0 Å². The summed E-state index contributed by atoms with van der Waals surface area (Å²) in [5, 5.41) is 0. The van der Waals surface area contributed by atoms with Crippen LogP contribution >= 0.6 is 0 Å². The molecule has 9 heteroatoms. The Bertz CT molecular complexity index is 2090. The topological polar surface area (TPSA) is 130 Å². The van der Waals surface area contributed by atoms with Crippen LogP contribution in [-0.4, -0.2) is 54.6 Å². The highest BCUT2D eigenvalue weighted by molar-refractivity contribution is 6.02. The minimum absolute atomic E-state index is 0.0264. The fourth-order valence-corrected chi connectivity index (χ4v) is 8.39. The fraction of sp³-hybridized carbons (Fsp3) is 0.500. The van der Waals surface area contributed by atoms with Gasteiger partial charge in [-0.2, -0.15) is 0 Å². The summed E-state index contributed by atoms with van der Waals surface area (Å²) in [4.78, 5) is 74.0. The Morgan fingerprint density at radius 3 is 1.42 bits per heavy atom. The van der Waals surface area contributed by atoms with E-state index in [2.05, 4.69) is 0 Å². The predicted molar refractivity (Wildman–Crippen MR) is 259 cm³/mol. The van der Waals surface area contributed by atoms with Gasteiger partial charge >= 0.3 is 17.9 Å². The summed E-state index contributed by atoms with van der Waals surface area (Å²) in [6, 6.07) is 0. The largest absolute Gasteiger partial charge is 0.465 e. The summed E-state index contributed by atoms with van der Waals surface area (Å²) in [7, 11) is 0. The predicted octanol–water partition coefficient (Wildman–Crippen LogP) is 12.3. The first kappa shape index (κ1) is 53.9. The van der Waals surface area contributed by atoms with Gasteiger partial charge in [-0.25, -0.2) is 0 Å². The van der Waals surface area contributed by atoms with E-state index in [1.165, 1.54) is 25.7 Å². The molecule has 1 saturated carbocycles. The van der Waals surface area contributed by atoms with Crippen LogP contribution in [0.2, 0.25) is 0 Å². The minimum atomic E-state index is -0.880. The number of carbonyl (C=O) groups excluding carboxylic acids is 6. The van der Waals surface area contributed by atoms with E-state index >= 15 is 0 Å². The molecule has 0 saturated heterocycles. The van der Waals surface area contributed by atoms with Crippen LogP contribution in [0, 0.1) is 16.7 Å². The van der Waals surface area contributed by atoms with E-state index in [9.17, 15) is 28.8 Å². The first-order valence-electron chi connectivity index (χ1n) is 23.3. The van der Waals surface area contributed by atoms with E-state index in [4.69, 9.17) is 14.2 Å². The molecule has 3 rings (SSSR count). The number of esters is 3. The molecule has 65 heavy (non-hydrogen) atoms. The van der Waals surface area contributed by atoms with Crippen molar-refractivity contribution < 1.29 is 43.0 Å². The van der Waals surface area contributed by atoms with Crippen LogP contribution in [0.3, 0.4) is 0 Å². The highest BCUT2D eigenvalue weighted by atomic mass is 16.6. The van der Waals surface area contributed by atoms with Crippen LogP contribution in [0.1, 0.15) is 146 Å². The van der Waals surface area contributed by atoms with Gasteiger partial charge in [-0.15, -0.1) is 0 Å². The van der Waals surface area contributed by atoms with Gasteiger partial charge in [0.05, 0.1) is 25.9 Å². The van der Waals surface area contributed by atoms with Crippen LogP contribution in [0.25, 0.3) is 0 Å². The molecule has 0 amide bonds. The second kappa shape index (κ2) is 26.5. The van der Waals surface area contributed by atoms with E-state index in [0.29, 0.717) is 42.8 Å². The molecule has 0 aromatic carbocycles. The van der Waals surface area contributed by atoms with Gasteiger partial charge in [-0.05, 0) is 93.4 Å². The van der Waals surface area contributed by atoms with Crippen molar-refractivity contribution in [3.63, 3.8) is 0 Å². The lowest BCUT2D eigenvalue weighted by atomic mass is 9.71. The lowest BCUT2D eigenvalue weighted by Gasteiger charge is -2.36. The standard InChI is InChI=1S/C56H74O9/c1-39(22-17-24-41(3)29-31-46-43(5)53(61)48(36-55(46,7)8)64-51(59)28-19-35-57)20-15-16-21-40(2)23-18-25-42(4)30-32-47-44(6)54(62)49(37-56(47,9)10)65-52(60)34-33-50(58)63-38-45-26-13-11-12-14-27-45/h15-18,20-25,29-32,35,45,48-49H,11-14,19,26-28,33-34,36-38H2,1-10H3/b16-15+,22-17+,23-18+,31-29+,32-30+,39-20+,40-21+,41-24+,42-25+. The fourth-order valence-electron chi connectivity index (χ4n) is 8.39. The van der Waals surface area contributed by atoms with Gasteiger partial charge in [0.25, 0.3) is 0 Å². The van der Waals surface area contributed by atoms with Gasteiger partial charge in [0.2, 0.25) is 0 Å². The molecule has 3 aliphatic carbocycles. The Labute approximate surface area is 389 Å². The third-order valence-electron chi connectivity index (χ3n) is 12.3. The van der Waals surface area contributed by atoms with E-state index in [0.717, 1.165) is 46.3 Å². The highest BCUT2D eigenvalue weighted by Crippen LogP contribution is 2.42. The summed E-state index contributed by atoms with van der Waals surface area (Å²) in [6.45, 7) is 20.2. The summed E-state index contributed by atoms with van der Waals surface area (Å²) < 4.78 is 16.5. The molecule has 2 unspecified atom stereocenters. The molecule has 0 heterocycles. The quantitative estimate of drug-likeness (QED) is 0.0385. The van der Waals surface area contributed by atoms with E-state index in [-0.39, 0.29) is 42.7 Å². The molecule has 0 aliphatic heterocycles. The number of aldehydes is 1. The molecule has 3 aliphatic rings. The zero-order valence-electron chi connectivity index (χ0n) is 40.8. The van der Waals surface area contributed by atoms with Gasteiger partial charge in [-0.1, -0.05) is 161 Å². The van der Waals surface area contributed by atoms with E-state index in [1.54, 1.807) is 13.8 Å². The van der Waals surface area contributed by atoms with Crippen molar-refractivity contribution in [1.29, 1.82) is 0 Å². The van der Waals surface area contributed by atoms with Gasteiger partial charge in [0, 0.05) is 19.3 Å². The molecule has 0 N–H and O–H groups in total. The zero-order chi connectivity index (χ0) is 48.2. The SMILES string of the molecule is CC1=C(/C=C/C(C)=C/C=C/C(C)=C/C=C/C=C(C)/C=C/C=C(C)/C=C/C2=C(C)C(=O)C(OC(=O)CCC(=O)OCC3CCCCCC3)CC2(C)C)C(C)(C)CC(OC(=O)CCC=O)C1=O. The van der Waals surface area contributed by atoms with E-state index < -0.39 is 35.5 Å². The Balaban J connectivity index is 1.49. The van der Waals surface area contributed by atoms with Crippen molar-refractivity contribution in [3.8, 4) is 0 Å². The van der Waals surface area contributed by atoms with Crippen molar-refractivity contribution in [2.75, 3.05) is 6.61 Å². The number of allylic oxidation sites excluding steroid dienone is 20. The third-order valence-corrected chi connectivity index (χ3v) is 12.3. The number of ketones is 2. The maximum absolute atomic E-state index is 13.3. The van der Waals surface area contributed by atoms with Crippen LogP contribution in [0.5, 0.6) is 0 Å². The molecular weight excluding hydrogens is 817 g/mol. The van der Waals surface area contributed by atoms with Crippen LogP contribution in [0.15, 0.2) is 130 Å². The summed E-state index contributed by atoms with van der Waals surface area (Å²) in [5.74, 6) is -1.50. The van der Waals surface area contributed by atoms with Crippen LogP contribution in [0.4, 0.5) is 0 Å². The molecule has 2 atom stereocenters. The lowest BCUT2D eigenvalue weighted by molar-refractivity contribution is -0.158. The third kappa shape index (κ3) is 18.5. The van der Waals surface area contributed by atoms with Crippen molar-refractivity contribution >= 4 is 35.8 Å². The molecular formula is C56H74O9. The Morgan fingerprint density at radius 1 is 0.569 bits per heavy atom. The first-order chi connectivity index (χ1) is 30.7. The highest BCUT2D eigenvalue weighted by Gasteiger charge is 2.41. The number of Topliss-reactive ketones (excluding diaryl/α,β-unsaturated/α-hetero) is 2. The smallest absolute Gasteiger partial charge is 0.307 e. The maximum atomic E-state index is 13.3. The number of rotatable bonds is 20. The molecule has 9 nitrogen and oxygen atoms in total. The van der Waals surface area contributed by atoms with Gasteiger partial charge in [0.15, 0.2) is 23.8 Å². The average molecular weight is 891 g/mol. The van der Waals surface area contributed by atoms with Crippen LogP contribution < -0.4 is 0 Å². The number of hydrogen-bond donors (Lipinski definition) is 0. The summed E-state index contributed by atoms with van der Waals surface area (Å²) in [5.41, 5.74) is 6.38. The summed E-state index contributed by atoms with van der Waals surface area (Å²) >= 11 is 0. The molecule has 0 radical (unpaired) electrons. The maximum Gasteiger partial charge on any atom is 0.307 e. The van der Waals surface area contributed by atoms with Crippen molar-refractivity contribution in [1.82, 2.24) is 0 Å². The Morgan fingerprint density at radius 2 is 0.969 bits per heavy atom. The normalized spacial score (nSPS) is 21.9. The molecule has 0 aromatic rings. The van der Waals surface area contributed by atoms with E-state index in [1.807, 2.05) is 140 Å². The zero-order valence-corrected chi connectivity index (χ0v) is 40.8.